The molecule has 1 aliphatic carbocycles. The molecule has 1 aliphatic heterocycles. The van der Waals surface area contributed by atoms with E-state index >= 15 is 0 Å². The summed E-state index contributed by atoms with van der Waals surface area (Å²) in [6, 6.07) is 0. The van der Waals surface area contributed by atoms with Crippen molar-refractivity contribution in [2.24, 2.45) is 5.92 Å². The van der Waals surface area contributed by atoms with Gasteiger partial charge in [-0.3, -0.25) is 0 Å². The van der Waals surface area contributed by atoms with E-state index in [1.807, 2.05) is 20.8 Å². The third-order valence-corrected chi connectivity index (χ3v) is 3.13. The van der Waals surface area contributed by atoms with Crippen molar-refractivity contribution in [2.45, 2.75) is 71.9 Å². The van der Waals surface area contributed by atoms with Crippen LogP contribution in [-0.2, 0) is 9.47 Å². The van der Waals surface area contributed by atoms with Crippen LogP contribution in [0.15, 0.2) is 0 Å². The van der Waals surface area contributed by atoms with Crippen LogP contribution in [0.5, 0.6) is 0 Å². The van der Waals surface area contributed by atoms with E-state index in [-0.39, 0.29) is 6.29 Å². The van der Waals surface area contributed by atoms with Crippen molar-refractivity contribution in [3.63, 3.8) is 0 Å². The Labute approximate surface area is 88.0 Å². The van der Waals surface area contributed by atoms with E-state index in [2.05, 4.69) is 6.92 Å². The third kappa shape index (κ3) is 2.48. The second-order valence-electron chi connectivity index (χ2n) is 3.94. The van der Waals surface area contributed by atoms with Crippen molar-refractivity contribution < 1.29 is 9.47 Å². The van der Waals surface area contributed by atoms with E-state index in [1.54, 1.807) is 0 Å². The van der Waals surface area contributed by atoms with E-state index in [0.29, 0.717) is 12.2 Å². The smallest absolute Gasteiger partial charge is 0.155 e. The Kier molecular flexibility index (Phi) is 4.90. The maximum Gasteiger partial charge on any atom is 0.155 e. The molecule has 1 saturated carbocycles. The molecule has 2 fully saturated rings. The van der Waals surface area contributed by atoms with Gasteiger partial charge in [0.2, 0.25) is 0 Å². The first-order chi connectivity index (χ1) is 6.81. The summed E-state index contributed by atoms with van der Waals surface area (Å²) in [7, 11) is 0. The summed E-state index contributed by atoms with van der Waals surface area (Å²) in [4.78, 5) is 0. The van der Waals surface area contributed by atoms with Crippen LogP contribution >= 0.6 is 0 Å². The van der Waals surface area contributed by atoms with Gasteiger partial charge in [0.1, 0.15) is 0 Å². The highest BCUT2D eigenvalue weighted by atomic mass is 16.7. The molecule has 2 nitrogen and oxygen atoms in total. The lowest BCUT2D eigenvalue weighted by atomic mass is 9.83. The van der Waals surface area contributed by atoms with Crippen LogP contribution in [0.25, 0.3) is 0 Å². The summed E-state index contributed by atoms with van der Waals surface area (Å²) in [5, 5.41) is 0. The second-order valence-corrected chi connectivity index (χ2v) is 3.94. The molecule has 2 aliphatic rings. The zero-order valence-electron chi connectivity index (χ0n) is 9.95. The van der Waals surface area contributed by atoms with Crippen LogP contribution < -0.4 is 0 Å². The zero-order valence-corrected chi connectivity index (χ0v) is 9.95. The summed E-state index contributed by atoms with van der Waals surface area (Å²) >= 11 is 0. The van der Waals surface area contributed by atoms with Gasteiger partial charge in [-0.1, -0.05) is 33.6 Å². The fourth-order valence-electron chi connectivity index (χ4n) is 2.49. The average molecular weight is 200 g/mol. The lowest BCUT2D eigenvalue weighted by molar-refractivity contribution is -0.0554. The molecular formula is C12H24O2. The van der Waals surface area contributed by atoms with Crippen LogP contribution in [0.4, 0.5) is 0 Å². The molecule has 0 spiro atoms. The molecule has 4 atom stereocenters. The number of hydrogen-bond acceptors (Lipinski definition) is 2. The highest BCUT2D eigenvalue weighted by Gasteiger charge is 2.40. The minimum absolute atomic E-state index is 0.0344. The number of ether oxygens (including phenoxy) is 2. The second kappa shape index (κ2) is 5.72. The maximum atomic E-state index is 5.75. The molecule has 14 heavy (non-hydrogen) atoms. The highest BCUT2D eigenvalue weighted by molar-refractivity contribution is 4.86. The van der Waals surface area contributed by atoms with E-state index in [1.165, 1.54) is 25.7 Å². The molecule has 0 bridgehead atoms. The minimum Gasteiger partial charge on any atom is -0.347 e. The van der Waals surface area contributed by atoms with Gasteiger partial charge in [-0.15, -0.1) is 0 Å². The molecule has 0 amide bonds. The Morgan fingerprint density at radius 3 is 2.50 bits per heavy atom. The van der Waals surface area contributed by atoms with Gasteiger partial charge >= 0.3 is 0 Å². The van der Waals surface area contributed by atoms with E-state index in [9.17, 15) is 0 Å². The molecule has 1 saturated heterocycles. The van der Waals surface area contributed by atoms with Gasteiger partial charge in [-0.2, -0.15) is 0 Å². The first-order valence-electron chi connectivity index (χ1n) is 6.12. The topological polar surface area (TPSA) is 18.5 Å². The Bertz CT molecular complexity index is 152. The molecule has 1 heterocycles. The SMILES string of the molecule is CC.CCC1CCCC2OC(C)OC12. The largest absolute Gasteiger partial charge is 0.347 e. The fraction of sp³-hybridized carbons (Fsp3) is 1.00. The monoisotopic (exact) mass is 200 g/mol. The quantitative estimate of drug-likeness (QED) is 0.646. The standard InChI is InChI=1S/C10H18O2.C2H6/c1-3-8-5-4-6-9-10(8)12-7(2)11-9;1-2/h7-10H,3-6H2,1-2H3;1-2H3. The third-order valence-electron chi connectivity index (χ3n) is 3.13. The van der Waals surface area contributed by atoms with Gasteiger partial charge in [0.25, 0.3) is 0 Å². The number of hydrogen-bond donors (Lipinski definition) is 0. The first-order valence-corrected chi connectivity index (χ1v) is 6.12. The fourth-order valence-corrected chi connectivity index (χ4v) is 2.49. The van der Waals surface area contributed by atoms with E-state index in [4.69, 9.17) is 9.47 Å². The minimum atomic E-state index is 0.0344. The van der Waals surface area contributed by atoms with Crippen molar-refractivity contribution in [3.05, 3.63) is 0 Å². The van der Waals surface area contributed by atoms with Crippen LogP contribution in [-0.4, -0.2) is 18.5 Å². The summed E-state index contributed by atoms with van der Waals surface area (Å²) in [5.74, 6) is 0.744. The van der Waals surface area contributed by atoms with E-state index in [0.717, 1.165) is 5.92 Å². The Balaban J connectivity index is 0.000000461. The highest BCUT2D eigenvalue weighted by Crippen LogP contribution is 2.36. The van der Waals surface area contributed by atoms with Crippen molar-refractivity contribution in [1.29, 1.82) is 0 Å². The van der Waals surface area contributed by atoms with Gasteiger partial charge in [0, 0.05) is 0 Å². The summed E-state index contributed by atoms with van der Waals surface area (Å²) < 4.78 is 11.4. The van der Waals surface area contributed by atoms with Gasteiger partial charge in [-0.05, 0) is 25.7 Å². The van der Waals surface area contributed by atoms with Gasteiger partial charge in [0.15, 0.2) is 6.29 Å². The predicted octanol–water partition coefficient (Wildman–Crippen LogP) is 3.35. The summed E-state index contributed by atoms with van der Waals surface area (Å²) in [5.41, 5.74) is 0. The average Bonchev–Trinajstić information content (AvgIpc) is 2.60. The molecule has 0 aromatic rings. The maximum absolute atomic E-state index is 5.75. The Hall–Kier alpha value is -0.0800. The van der Waals surface area contributed by atoms with E-state index < -0.39 is 0 Å². The van der Waals surface area contributed by atoms with Crippen molar-refractivity contribution in [3.8, 4) is 0 Å². The van der Waals surface area contributed by atoms with Crippen LogP contribution in [0.1, 0.15) is 53.4 Å². The van der Waals surface area contributed by atoms with Gasteiger partial charge in [0.05, 0.1) is 12.2 Å². The van der Waals surface area contributed by atoms with Crippen LogP contribution in [0.3, 0.4) is 0 Å². The first kappa shape index (κ1) is 12.0. The molecule has 0 N–H and O–H groups in total. The lowest BCUT2D eigenvalue weighted by Gasteiger charge is -2.30. The van der Waals surface area contributed by atoms with Crippen molar-refractivity contribution >= 4 is 0 Å². The van der Waals surface area contributed by atoms with Gasteiger partial charge in [-0.25, -0.2) is 0 Å². The molecule has 84 valence electrons. The van der Waals surface area contributed by atoms with Crippen molar-refractivity contribution in [2.75, 3.05) is 0 Å². The normalized spacial score (nSPS) is 41.1. The molecular weight excluding hydrogens is 176 g/mol. The summed E-state index contributed by atoms with van der Waals surface area (Å²) in [6.45, 7) is 8.25. The van der Waals surface area contributed by atoms with Crippen molar-refractivity contribution in [1.82, 2.24) is 0 Å². The predicted molar refractivity (Wildman–Crippen MR) is 58.2 cm³/mol. The number of fused-ring (bicyclic) bond motifs is 1. The van der Waals surface area contributed by atoms with Gasteiger partial charge < -0.3 is 9.47 Å². The molecule has 4 unspecified atom stereocenters. The molecule has 2 rings (SSSR count). The molecule has 0 aromatic heterocycles. The Morgan fingerprint density at radius 1 is 1.14 bits per heavy atom. The Morgan fingerprint density at radius 2 is 1.86 bits per heavy atom. The molecule has 0 radical (unpaired) electrons. The van der Waals surface area contributed by atoms with Crippen LogP contribution in [0.2, 0.25) is 0 Å². The molecule has 0 aromatic carbocycles. The number of rotatable bonds is 1. The summed E-state index contributed by atoms with van der Waals surface area (Å²) in [6.07, 6.45) is 5.91. The molecule has 2 heteroatoms. The van der Waals surface area contributed by atoms with Crippen LogP contribution in [0, 0.1) is 5.92 Å². The lowest BCUT2D eigenvalue weighted by Crippen LogP contribution is -2.34. The zero-order chi connectivity index (χ0) is 10.6.